The number of halogens is 1. The molecule has 0 bridgehead atoms. The summed E-state index contributed by atoms with van der Waals surface area (Å²) in [7, 11) is 4.53. The minimum absolute atomic E-state index is 0.0594. The first-order valence-electron chi connectivity index (χ1n) is 11.0. The summed E-state index contributed by atoms with van der Waals surface area (Å²) in [5, 5.41) is 9.87. The summed E-state index contributed by atoms with van der Waals surface area (Å²) in [6.07, 6.45) is 0. The normalized spacial score (nSPS) is 14.1. The molecule has 0 aliphatic carbocycles. The van der Waals surface area contributed by atoms with Crippen LogP contribution in [-0.2, 0) is 4.79 Å². The number of allylic oxidation sites excluding steroid dienone is 1. The smallest absolute Gasteiger partial charge is 0.349 e. The highest BCUT2D eigenvalue weighted by Gasteiger charge is 2.32. The van der Waals surface area contributed by atoms with Crippen molar-refractivity contribution in [3.05, 3.63) is 81.7 Å². The number of nitriles is 1. The van der Waals surface area contributed by atoms with Crippen LogP contribution in [0.25, 0.3) is 0 Å². The van der Waals surface area contributed by atoms with Crippen LogP contribution in [0.2, 0.25) is 0 Å². The number of benzene rings is 3. The highest BCUT2D eigenvalue weighted by atomic mass is 79.9. The lowest BCUT2D eigenvalue weighted by Crippen LogP contribution is -2.22. The maximum atomic E-state index is 12.4. The molecular weight excluding hydrogens is 544 g/mol. The number of nitrogens with two attached hydrogens (primary N) is 1. The molecule has 1 heterocycles. The number of hydrogen-bond donors (Lipinski definition) is 1. The van der Waals surface area contributed by atoms with E-state index in [0.29, 0.717) is 39.9 Å². The van der Waals surface area contributed by atoms with Crippen LogP contribution in [0.3, 0.4) is 0 Å². The molecule has 10 heteroatoms. The Morgan fingerprint density at radius 2 is 1.65 bits per heavy atom. The van der Waals surface area contributed by atoms with Crippen molar-refractivity contribution in [2.45, 2.75) is 5.92 Å². The van der Waals surface area contributed by atoms with E-state index in [1.54, 1.807) is 54.6 Å². The van der Waals surface area contributed by atoms with Crippen LogP contribution < -0.4 is 34.2 Å². The lowest BCUT2D eigenvalue weighted by atomic mass is 9.83. The van der Waals surface area contributed by atoms with Crippen molar-refractivity contribution in [2.24, 2.45) is 5.73 Å². The molecule has 4 rings (SSSR count). The van der Waals surface area contributed by atoms with Gasteiger partial charge in [-0.15, -0.1) is 0 Å². The fraction of sp³-hybridized carbons (Fsp3) is 0.185. The summed E-state index contributed by atoms with van der Waals surface area (Å²) in [5.41, 5.74) is 7.65. The molecule has 3 aromatic carbocycles. The Hall–Kier alpha value is -4.36. The van der Waals surface area contributed by atoms with Crippen LogP contribution >= 0.6 is 15.9 Å². The van der Waals surface area contributed by atoms with Gasteiger partial charge >= 0.3 is 5.97 Å². The highest BCUT2D eigenvalue weighted by Crippen LogP contribution is 2.47. The number of carbonyl (C=O) groups is 1. The zero-order valence-electron chi connectivity index (χ0n) is 20.2. The second kappa shape index (κ2) is 11.1. The molecule has 0 amide bonds. The molecule has 1 atom stereocenters. The molecule has 3 aromatic rings. The van der Waals surface area contributed by atoms with Gasteiger partial charge in [-0.05, 0) is 48.0 Å². The van der Waals surface area contributed by atoms with Crippen molar-refractivity contribution in [3.63, 3.8) is 0 Å². The Morgan fingerprint density at radius 3 is 2.24 bits per heavy atom. The van der Waals surface area contributed by atoms with Crippen molar-refractivity contribution in [1.82, 2.24) is 0 Å². The maximum absolute atomic E-state index is 12.4. The molecule has 0 saturated heterocycles. The van der Waals surface area contributed by atoms with Crippen molar-refractivity contribution < 1.29 is 33.2 Å². The second-order valence-corrected chi connectivity index (χ2v) is 8.72. The first kappa shape index (κ1) is 25.7. The van der Waals surface area contributed by atoms with Gasteiger partial charge in [-0.2, -0.15) is 5.26 Å². The molecule has 1 unspecified atom stereocenters. The third-order valence-corrected chi connectivity index (χ3v) is 6.14. The molecular formula is C27H23BrN2O7. The van der Waals surface area contributed by atoms with Gasteiger partial charge in [0.2, 0.25) is 11.6 Å². The molecule has 190 valence electrons. The largest absolute Gasteiger partial charge is 0.493 e. The average Bonchev–Trinajstić information content (AvgIpc) is 2.91. The van der Waals surface area contributed by atoms with Gasteiger partial charge in [0.1, 0.15) is 28.9 Å². The van der Waals surface area contributed by atoms with Gasteiger partial charge in [0.25, 0.3) is 0 Å². The van der Waals surface area contributed by atoms with E-state index < -0.39 is 11.9 Å². The molecule has 0 saturated carbocycles. The van der Waals surface area contributed by atoms with Gasteiger partial charge in [-0.3, -0.25) is 0 Å². The van der Waals surface area contributed by atoms with Crippen molar-refractivity contribution >= 4 is 21.9 Å². The standard InChI is InChI=1S/C27H23BrN2O7/c1-32-22-10-15(11-23(33-2)26(22)34-3)25-19-9-8-18(12-21(19)37-27(30)20(25)13-29)36-24(31)14-35-17-6-4-16(28)5-7-17/h4-12,25H,14,30H2,1-3H3. The molecule has 1 aliphatic rings. The van der Waals surface area contributed by atoms with E-state index in [4.69, 9.17) is 34.2 Å². The van der Waals surface area contributed by atoms with Gasteiger partial charge < -0.3 is 34.2 Å². The third-order valence-electron chi connectivity index (χ3n) is 5.61. The Bertz CT molecular complexity index is 1370. The quantitative estimate of drug-likeness (QED) is 0.306. The fourth-order valence-electron chi connectivity index (χ4n) is 3.94. The number of carbonyl (C=O) groups excluding carboxylic acids is 1. The molecule has 9 nitrogen and oxygen atoms in total. The summed E-state index contributed by atoms with van der Waals surface area (Å²) < 4.78 is 33.9. The van der Waals surface area contributed by atoms with E-state index in [1.165, 1.54) is 21.3 Å². The topological polar surface area (TPSA) is 122 Å². The average molecular weight is 567 g/mol. The number of nitrogens with zero attached hydrogens (tertiary/aromatic N) is 1. The predicted octanol–water partition coefficient (Wildman–Crippen LogP) is 4.68. The zero-order valence-corrected chi connectivity index (χ0v) is 21.8. The molecule has 1 aliphatic heterocycles. The lowest BCUT2D eigenvalue weighted by molar-refractivity contribution is -0.136. The second-order valence-electron chi connectivity index (χ2n) is 7.80. The van der Waals surface area contributed by atoms with Gasteiger partial charge in [0.15, 0.2) is 18.1 Å². The maximum Gasteiger partial charge on any atom is 0.349 e. The minimum Gasteiger partial charge on any atom is -0.493 e. The van der Waals surface area contributed by atoms with E-state index in [-0.39, 0.29) is 23.8 Å². The zero-order chi connectivity index (χ0) is 26.5. The molecule has 37 heavy (non-hydrogen) atoms. The Kier molecular flexibility index (Phi) is 7.74. The number of ether oxygens (including phenoxy) is 6. The Balaban J connectivity index is 1.62. The van der Waals surface area contributed by atoms with Crippen LogP contribution in [0.15, 0.2) is 70.5 Å². The summed E-state index contributed by atoms with van der Waals surface area (Å²) in [6.45, 7) is -0.283. The van der Waals surface area contributed by atoms with Crippen LogP contribution in [0.5, 0.6) is 34.5 Å². The number of hydrogen-bond acceptors (Lipinski definition) is 9. The summed E-state index contributed by atoms with van der Waals surface area (Å²) in [4.78, 5) is 12.4. The summed E-state index contributed by atoms with van der Waals surface area (Å²) in [5.74, 6) is 1.14. The third kappa shape index (κ3) is 5.42. The van der Waals surface area contributed by atoms with Crippen molar-refractivity contribution in [2.75, 3.05) is 27.9 Å². The number of rotatable bonds is 8. The minimum atomic E-state index is -0.596. The van der Waals surface area contributed by atoms with Crippen LogP contribution in [0.1, 0.15) is 17.0 Å². The first-order valence-corrected chi connectivity index (χ1v) is 11.8. The lowest BCUT2D eigenvalue weighted by Gasteiger charge is -2.27. The SMILES string of the molecule is COc1cc(C2C(C#N)=C(N)Oc3cc(OC(=O)COc4ccc(Br)cc4)ccc32)cc(OC)c1OC. The van der Waals surface area contributed by atoms with Gasteiger partial charge in [-0.25, -0.2) is 4.79 Å². The first-order chi connectivity index (χ1) is 17.9. The summed E-state index contributed by atoms with van der Waals surface area (Å²) >= 11 is 3.34. The number of esters is 1. The van der Waals surface area contributed by atoms with Crippen LogP contribution in [-0.4, -0.2) is 33.9 Å². The van der Waals surface area contributed by atoms with E-state index in [1.807, 2.05) is 0 Å². The molecule has 2 N–H and O–H groups in total. The van der Waals surface area contributed by atoms with Gasteiger partial charge in [0.05, 0.1) is 27.2 Å². The highest BCUT2D eigenvalue weighted by molar-refractivity contribution is 9.10. The van der Waals surface area contributed by atoms with E-state index in [2.05, 4.69) is 22.0 Å². The van der Waals surface area contributed by atoms with Gasteiger partial charge in [-0.1, -0.05) is 22.0 Å². The number of fused-ring (bicyclic) bond motifs is 1. The molecule has 0 aromatic heterocycles. The molecule has 0 spiro atoms. The van der Waals surface area contributed by atoms with Gasteiger partial charge in [0, 0.05) is 16.1 Å². The predicted molar refractivity (Wildman–Crippen MR) is 137 cm³/mol. The van der Waals surface area contributed by atoms with Crippen LogP contribution in [0.4, 0.5) is 0 Å². The fourth-order valence-corrected chi connectivity index (χ4v) is 4.21. The van der Waals surface area contributed by atoms with Crippen molar-refractivity contribution in [3.8, 4) is 40.6 Å². The van der Waals surface area contributed by atoms with E-state index in [9.17, 15) is 10.1 Å². The van der Waals surface area contributed by atoms with E-state index in [0.717, 1.165) is 4.47 Å². The Labute approximate surface area is 222 Å². The van der Waals surface area contributed by atoms with Crippen LogP contribution in [0, 0.1) is 11.3 Å². The Morgan fingerprint density at radius 1 is 1.00 bits per heavy atom. The number of methoxy groups -OCH3 is 3. The van der Waals surface area contributed by atoms with E-state index >= 15 is 0 Å². The summed E-state index contributed by atoms with van der Waals surface area (Å²) in [6, 6.07) is 17.6. The monoisotopic (exact) mass is 566 g/mol. The molecule has 0 radical (unpaired) electrons. The van der Waals surface area contributed by atoms with Crippen molar-refractivity contribution in [1.29, 1.82) is 5.26 Å². The molecule has 0 fully saturated rings.